The summed E-state index contributed by atoms with van der Waals surface area (Å²) in [5.74, 6) is 0.371. The molecular formula is C10H19NO3. The maximum Gasteiger partial charge on any atom is 0.323 e. The fourth-order valence-corrected chi connectivity index (χ4v) is 1.83. The molecule has 0 bridgehead atoms. The Bertz CT molecular complexity index is 184. The lowest BCUT2D eigenvalue weighted by Gasteiger charge is -2.09. The molecule has 1 fully saturated rings. The van der Waals surface area contributed by atoms with Crippen molar-refractivity contribution in [1.82, 2.24) is 5.32 Å². The number of carbonyl (C=O) groups is 1. The van der Waals surface area contributed by atoms with Crippen LogP contribution in [0.2, 0.25) is 0 Å². The van der Waals surface area contributed by atoms with Gasteiger partial charge >= 0.3 is 5.97 Å². The molecular weight excluding hydrogens is 182 g/mol. The minimum atomic E-state index is -0.140. The first-order valence-corrected chi connectivity index (χ1v) is 5.28. The topological polar surface area (TPSA) is 58.6 Å². The Labute approximate surface area is 84.6 Å². The maximum absolute atomic E-state index is 11.3. The Morgan fingerprint density at radius 2 is 2.43 bits per heavy atom. The van der Waals surface area contributed by atoms with E-state index in [9.17, 15) is 4.79 Å². The number of esters is 1. The molecule has 82 valence electrons. The summed E-state index contributed by atoms with van der Waals surface area (Å²) in [4.78, 5) is 11.3. The second kappa shape index (κ2) is 5.98. The molecule has 0 amide bonds. The quantitative estimate of drug-likeness (QED) is 0.628. The van der Waals surface area contributed by atoms with Gasteiger partial charge in [0.05, 0.1) is 6.61 Å². The van der Waals surface area contributed by atoms with Gasteiger partial charge in [-0.25, -0.2) is 0 Å². The summed E-state index contributed by atoms with van der Waals surface area (Å²) in [5, 5.41) is 11.8. The van der Waals surface area contributed by atoms with E-state index < -0.39 is 0 Å². The van der Waals surface area contributed by atoms with Crippen LogP contribution in [0, 0.1) is 5.92 Å². The molecule has 4 heteroatoms. The van der Waals surface area contributed by atoms with E-state index in [2.05, 4.69) is 5.32 Å². The lowest BCUT2D eigenvalue weighted by Crippen LogP contribution is -2.32. The highest BCUT2D eigenvalue weighted by Crippen LogP contribution is 2.19. The Kier molecular flexibility index (Phi) is 4.90. The zero-order chi connectivity index (χ0) is 10.4. The molecule has 0 spiro atoms. The summed E-state index contributed by atoms with van der Waals surface area (Å²) in [6.07, 6.45) is 2.65. The zero-order valence-electron chi connectivity index (χ0n) is 8.66. The molecule has 0 aliphatic carbocycles. The van der Waals surface area contributed by atoms with Crippen molar-refractivity contribution < 1.29 is 14.6 Å². The Hall–Kier alpha value is -0.610. The van der Waals surface area contributed by atoms with Crippen molar-refractivity contribution in [2.75, 3.05) is 19.8 Å². The van der Waals surface area contributed by atoms with Gasteiger partial charge in [-0.2, -0.15) is 0 Å². The summed E-state index contributed by atoms with van der Waals surface area (Å²) in [7, 11) is 0. The van der Waals surface area contributed by atoms with E-state index in [1.165, 1.54) is 0 Å². The van der Waals surface area contributed by atoms with Gasteiger partial charge < -0.3 is 15.2 Å². The maximum atomic E-state index is 11.3. The van der Waals surface area contributed by atoms with Crippen LogP contribution in [-0.2, 0) is 9.53 Å². The van der Waals surface area contributed by atoms with Crippen molar-refractivity contribution in [3.05, 3.63) is 0 Å². The van der Waals surface area contributed by atoms with Crippen molar-refractivity contribution in [3.8, 4) is 0 Å². The standard InChI is InChI=1S/C10H19NO3/c1-2-14-10(13)9-6-8(7-11-9)4-3-5-12/h8-9,11-12H,2-7H2,1H3/t8-,9-/m0/s1. The largest absolute Gasteiger partial charge is 0.465 e. The third-order valence-electron chi connectivity index (χ3n) is 2.56. The fourth-order valence-electron chi connectivity index (χ4n) is 1.83. The predicted octanol–water partition coefficient (Wildman–Crippen LogP) is 0.300. The molecule has 0 aromatic carbocycles. The second-order valence-corrected chi connectivity index (χ2v) is 3.68. The van der Waals surface area contributed by atoms with Gasteiger partial charge in [0.25, 0.3) is 0 Å². The predicted molar refractivity (Wildman–Crippen MR) is 52.9 cm³/mol. The average Bonchev–Trinajstić information content (AvgIpc) is 2.63. The Morgan fingerprint density at radius 3 is 3.07 bits per heavy atom. The van der Waals surface area contributed by atoms with Gasteiger partial charge in [-0.15, -0.1) is 0 Å². The second-order valence-electron chi connectivity index (χ2n) is 3.68. The number of aliphatic hydroxyl groups excluding tert-OH is 1. The first-order chi connectivity index (χ1) is 6.77. The summed E-state index contributed by atoms with van der Waals surface area (Å²) in [6.45, 7) is 3.36. The van der Waals surface area contributed by atoms with Crippen LogP contribution in [0.25, 0.3) is 0 Å². The minimum absolute atomic E-state index is 0.126. The number of hydrogen-bond acceptors (Lipinski definition) is 4. The van der Waals surface area contributed by atoms with E-state index >= 15 is 0 Å². The molecule has 0 aromatic heterocycles. The van der Waals surface area contributed by atoms with Gasteiger partial charge in [-0.1, -0.05) is 0 Å². The Morgan fingerprint density at radius 1 is 1.64 bits per heavy atom. The number of hydrogen-bond donors (Lipinski definition) is 2. The Balaban J connectivity index is 2.22. The molecule has 1 saturated heterocycles. The van der Waals surface area contributed by atoms with Crippen molar-refractivity contribution in [2.45, 2.75) is 32.2 Å². The van der Waals surface area contributed by atoms with Gasteiger partial charge in [-0.3, -0.25) is 4.79 Å². The average molecular weight is 201 g/mol. The van der Waals surface area contributed by atoms with Crippen LogP contribution in [0.5, 0.6) is 0 Å². The summed E-state index contributed by atoms with van der Waals surface area (Å²) in [5.41, 5.74) is 0. The lowest BCUT2D eigenvalue weighted by atomic mass is 10.0. The number of ether oxygens (including phenoxy) is 1. The third-order valence-corrected chi connectivity index (χ3v) is 2.56. The highest BCUT2D eigenvalue weighted by molar-refractivity contribution is 5.76. The number of carbonyl (C=O) groups excluding carboxylic acids is 1. The van der Waals surface area contributed by atoms with Gasteiger partial charge in [0.2, 0.25) is 0 Å². The molecule has 0 unspecified atom stereocenters. The molecule has 1 heterocycles. The summed E-state index contributed by atoms with van der Waals surface area (Å²) >= 11 is 0. The van der Waals surface area contributed by atoms with Gasteiger partial charge in [0.15, 0.2) is 0 Å². The minimum Gasteiger partial charge on any atom is -0.465 e. The van der Waals surface area contributed by atoms with Gasteiger partial charge in [0.1, 0.15) is 6.04 Å². The van der Waals surface area contributed by atoms with Crippen LogP contribution in [0.1, 0.15) is 26.2 Å². The van der Waals surface area contributed by atoms with Crippen molar-refractivity contribution >= 4 is 5.97 Å². The molecule has 14 heavy (non-hydrogen) atoms. The molecule has 1 aliphatic heterocycles. The molecule has 1 rings (SSSR count). The molecule has 2 N–H and O–H groups in total. The van der Waals surface area contributed by atoms with Crippen LogP contribution >= 0.6 is 0 Å². The number of aliphatic hydroxyl groups is 1. The van der Waals surface area contributed by atoms with Gasteiger partial charge in [-0.05, 0) is 38.6 Å². The zero-order valence-corrected chi connectivity index (χ0v) is 8.66. The SMILES string of the molecule is CCOC(=O)[C@@H]1C[C@H](CCCO)CN1. The van der Waals surface area contributed by atoms with Crippen molar-refractivity contribution in [2.24, 2.45) is 5.92 Å². The lowest BCUT2D eigenvalue weighted by molar-refractivity contribution is -0.145. The van der Waals surface area contributed by atoms with E-state index in [-0.39, 0.29) is 18.6 Å². The highest BCUT2D eigenvalue weighted by atomic mass is 16.5. The summed E-state index contributed by atoms with van der Waals surface area (Å²) < 4.78 is 4.93. The first kappa shape index (κ1) is 11.5. The van der Waals surface area contributed by atoms with Gasteiger partial charge in [0, 0.05) is 6.61 Å². The van der Waals surface area contributed by atoms with Crippen molar-refractivity contribution in [1.29, 1.82) is 0 Å². The van der Waals surface area contributed by atoms with Crippen LogP contribution in [0.4, 0.5) is 0 Å². The van der Waals surface area contributed by atoms with Crippen LogP contribution in [0.15, 0.2) is 0 Å². The number of nitrogens with one attached hydrogen (secondary N) is 1. The highest BCUT2D eigenvalue weighted by Gasteiger charge is 2.29. The normalized spacial score (nSPS) is 26.4. The molecule has 0 radical (unpaired) electrons. The molecule has 1 aliphatic rings. The van der Waals surface area contributed by atoms with Crippen LogP contribution in [-0.4, -0.2) is 36.9 Å². The first-order valence-electron chi connectivity index (χ1n) is 5.28. The van der Waals surface area contributed by atoms with E-state index in [0.29, 0.717) is 12.5 Å². The van der Waals surface area contributed by atoms with E-state index in [1.54, 1.807) is 0 Å². The smallest absolute Gasteiger partial charge is 0.323 e. The third kappa shape index (κ3) is 3.27. The van der Waals surface area contributed by atoms with E-state index in [4.69, 9.17) is 9.84 Å². The van der Waals surface area contributed by atoms with Crippen LogP contribution < -0.4 is 5.32 Å². The van der Waals surface area contributed by atoms with Crippen molar-refractivity contribution in [3.63, 3.8) is 0 Å². The fraction of sp³-hybridized carbons (Fsp3) is 0.900. The van der Waals surface area contributed by atoms with E-state index in [1.807, 2.05) is 6.92 Å². The van der Waals surface area contributed by atoms with E-state index in [0.717, 1.165) is 25.8 Å². The molecule has 2 atom stereocenters. The van der Waals surface area contributed by atoms with Crippen LogP contribution in [0.3, 0.4) is 0 Å². The number of rotatable bonds is 5. The monoisotopic (exact) mass is 201 g/mol. The molecule has 0 saturated carbocycles. The summed E-state index contributed by atoms with van der Waals surface area (Å²) in [6, 6.07) is -0.126. The molecule has 4 nitrogen and oxygen atoms in total. The molecule has 0 aromatic rings.